The van der Waals surface area contributed by atoms with E-state index in [1.807, 2.05) is 6.07 Å². The first-order valence-electron chi connectivity index (χ1n) is 5.20. The molecule has 2 atom stereocenters. The summed E-state index contributed by atoms with van der Waals surface area (Å²) in [5.74, 6) is 1.81. The molecule has 1 aromatic heterocycles. The van der Waals surface area contributed by atoms with Gasteiger partial charge in [-0.25, -0.2) is 0 Å². The number of hydrogen-bond donors (Lipinski definition) is 2. The van der Waals surface area contributed by atoms with Crippen molar-refractivity contribution in [1.29, 1.82) is 0 Å². The number of anilines is 1. The number of aromatic nitrogens is 2. The summed E-state index contributed by atoms with van der Waals surface area (Å²) < 4.78 is 0. The normalized spacial score (nSPS) is 24.0. The van der Waals surface area contributed by atoms with Gasteiger partial charge in [0, 0.05) is 17.7 Å². The SMILES string of the molecule is Nc1cc([C@@H]2C[C@H]2c2ccccc2)[nH]n1. The van der Waals surface area contributed by atoms with Gasteiger partial charge in [0.05, 0.1) is 0 Å². The Balaban J connectivity index is 1.80. The molecular formula is C12H13N3. The summed E-state index contributed by atoms with van der Waals surface area (Å²) in [4.78, 5) is 0. The number of nitrogens with one attached hydrogen (secondary N) is 1. The van der Waals surface area contributed by atoms with Gasteiger partial charge in [-0.2, -0.15) is 5.10 Å². The molecule has 1 aromatic carbocycles. The molecule has 15 heavy (non-hydrogen) atoms. The van der Waals surface area contributed by atoms with Crippen molar-refractivity contribution in [2.75, 3.05) is 5.73 Å². The lowest BCUT2D eigenvalue weighted by Gasteiger charge is -1.97. The minimum atomic E-state index is 0.581. The fourth-order valence-electron chi connectivity index (χ4n) is 2.15. The largest absolute Gasteiger partial charge is 0.382 e. The molecule has 1 fully saturated rings. The predicted molar refractivity (Wildman–Crippen MR) is 59.5 cm³/mol. The molecule has 0 aliphatic heterocycles. The molecular weight excluding hydrogens is 186 g/mol. The maximum absolute atomic E-state index is 5.59. The summed E-state index contributed by atoms with van der Waals surface area (Å²) in [6, 6.07) is 12.5. The molecule has 2 aromatic rings. The molecule has 0 bridgehead atoms. The molecule has 1 saturated carbocycles. The first kappa shape index (κ1) is 8.53. The monoisotopic (exact) mass is 199 g/mol. The Morgan fingerprint density at radius 3 is 2.67 bits per heavy atom. The van der Waals surface area contributed by atoms with Gasteiger partial charge in [0.15, 0.2) is 0 Å². The third-order valence-electron chi connectivity index (χ3n) is 3.04. The summed E-state index contributed by atoms with van der Waals surface area (Å²) in [7, 11) is 0. The number of H-pyrrole nitrogens is 1. The smallest absolute Gasteiger partial charge is 0.145 e. The molecule has 3 nitrogen and oxygen atoms in total. The van der Waals surface area contributed by atoms with E-state index in [4.69, 9.17) is 5.73 Å². The third-order valence-corrected chi connectivity index (χ3v) is 3.04. The predicted octanol–water partition coefficient (Wildman–Crippen LogP) is 2.26. The van der Waals surface area contributed by atoms with Crippen LogP contribution in [-0.4, -0.2) is 10.2 Å². The molecule has 0 amide bonds. The van der Waals surface area contributed by atoms with E-state index in [-0.39, 0.29) is 0 Å². The molecule has 0 unspecified atom stereocenters. The van der Waals surface area contributed by atoms with E-state index in [9.17, 15) is 0 Å². The van der Waals surface area contributed by atoms with Gasteiger partial charge in [0.25, 0.3) is 0 Å². The Morgan fingerprint density at radius 2 is 2.00 bits per heavy atom. The van der Waals surface area contributed by atoms with Crippen LogP contribution >= 0.6 is 0 Å². The lowest BCUT2D eigenvalue weighted by Crippen LogP contribution is -1.84. The maximum atomic E-state index is 5.59. The number of nitrogens with two attached hydrogens (primary N) is 1. The third kappa shape index (κ3) is 1.50. The Hall–Kier alpha value is -1.77. The Bertz CT molecular complexity index is 461. The van der Waals surface area contributed by atoms with Crippen LogP contribution in [0.1, 0.15) is 29.5 Å². The topological polar surface area (TPSA) is 54.7 Å². The second-order valence-corrected chi connectivity index (χ2v) is 4.11. The molecule has 0 spiro atoms. The number of benzene rings is 1. The molecule has 1 heterocycles. The minimum Gasteiger partial charge on any atom is -0.382 e. The molecule has 76 valence electrons. The van der Waals surface area contributed by atoms with E-state index in [2.05, 4.69) is 40.5 Å². The number of aromatic amines is 1. The zero-order valence-corrected chi connectivity index (χ0v) is 8.35. The Morgan fingerprint density at radius 1 is 1.20 bits per heavy atom. The quantitative estimate of drug-likeness (QED) is 0.779. The summed E-state index contributed by atoms with van der Waals surface area (Å²) in [6.07, 6.45) is 1.20. The summed E-state index contributed by atoms with van der Waals surface area (Å²) >= 11 is 0. The standard InChI is InChI=1S/C12H13N3/c13-12-7-11(14-15-12)10-6-9(10)8-4-2-1-3-5-8/h1-5,7,9-10H,6H2,(H3,13,14,15)/t9-,10+/m0/s1. The van der Waals surface area contributed by atoms with E-state index in [1.54, 1.807) is 0 Å². The molecule has 1 aliphatic carbocycles. The highest BCUT2D eigenvalue weighted by atomic mass is 15.2. The number of nitrogen functional groups attached to an aromatic ring is 1. The van der Waals surface area contributed by atoms with Crippen molar-refractivity contribution in [3.63, 3.8) is 0 Å². The molecule has 3 rings (SSSR count). The molecule has 0 saturated heterocycles. The summed E-state index contributed by atoms with van der Waals surface area (Å²) in [6.45, 7) is 0. The average molecular weight is 199 g/mol. The molecule has 3 heteroatoms. The Kier molecular flexibility index (Phi) is 1.78. The van der Waals surface area contributed by atoms with Crippen LogP contribution in [-0.2, 0) is 0 Å². The second kappa shape index (κ2) is 3.12. The van der Waals surface area contributed by atoms with Crippen molar-refractivity contribution >= 4 is 5.82 Å². The minimum absolute atomic E-state index is 0.581. The van der Waals surface area contributed by atoms with E-state index >= 15 is 0 Å². The average Bonchev–Trinajstić information content (AvgIpc) is 2.96. The highest BCUT2D eigenvalue weighted by molar-refractivity contribution is 5.38. The summed E-state index contributed by atoms with van der Waals surface area (Å²) in [5.41, 5.74) is 8.17. The fourth-order valence-corrected chi connectivity index (χ4v) is 2.15. The van der Waals surface area contributed by atoms with E-state index in [0.717, 1.165) is 0 Å². The highest BCUT2D eigenvalue weighted by Gasteiger charge is 2.40. The summed E-state index contributed by atoms with van der Waals surface area (Å²) in [5, 5.41) is 6.95. The van der Waals surface area contributed by atoms with Crippen molar-refractivity contribution in [3.05, 3.63) is 47.7 Å². The molecule has 3 N–H and O–H groups in total. The lowest BCUT2D eigenvalue weighted by molar-refractivity contribution is 0.934. The van der Waals surface area contributed by atoms with Crippen LogP contribution < -0.4 is 5.73 Å². The van der Waals surface area contributed by atoms with E-state index in [0.29, 0.717) is 17.7 Å². The van der Waals surface area contributed by atoms with Crippen molar-refractivity contribution in [3.8, 4) is 0 Å². The van der Waals surface area contributed by atoms with Gasteiger partial charge < -0.3 is 5.73 Å². The van der Waals surface area contributed by atoms with Gasteiger partial charge in [-0.1, -0.05) is 30.3 Å². The van der Waals surface area contributed by atoms with Crippen LogP contribution in [0.25, 0.3) is 0 Å². The zero-order chi connectivity index (χ0) is 10.3. The van der Waals surface area contributed by atoms with Gasteiger partial charge in [0.2, 0.25) is 0 Å². The Labute approximate surface area is 88.3 Å². The van der Waals surface area contributed by atoms with Gasteiger partial charge in [-0.05, 0) is 17.9 Å². The first-order chi connectivity index (χ1) is 7.34. The van der Waals surface area contributed by atoms with Gasteiger partial charge in [-0.3, -0.25) is 5.10 Å². The van der Waals surface area contributed by atoms with Crippen LogP contribution in [0.3, 0.4) is 0 Å². The van der Waals surface area contributed by atoms with Crippen LogP contribution in [0, 0.1) is 0 Å². The van der Waals surface area contributed by atoms with Gasteiger partial charge in [-0.15, -0.1) is 0 Å². The second-order valence-electron chi connectivity index (χ2n) is 4.11. The van der Waals surface area contributed by atoms with Crippen LogP contribution in [0.2, 0.25) is 0 Å². The highest BCUT2D eigenvalue weighted by Crippen LogP contribution is 2.54. The number of hydrogen-bond acceptors (Lipinski definition) is 2. The van der Waals surface area contributed by atoms with Crippen molar-refractivity contribution in [1.82, 2.24) is 10.2 Å². The van der Waals surface area contributed by atoms with Gasteiger partial charge >= 0.3 is 0 Å². The molecule has 0 radical (unpaired) electrons. The number of nitrogens with zero attached hydrogens (tertiary/aromatic N) is 1. The van der Waals surface area contributed by atoms with Crippen LogP contribution in [0.4, 0.5) is 5.82 Å². The first-order valence-corrected chi connectivity index (χ1v) is 5.20. The fraction of sp³-hybridized carbons (Fsp3) is 0.250. The zero-order valence-electron chi connectivity index (χ0n) is 8.35. The van der Waals surface area contributed by atoms with Crippen LogP contribution in [0.5, 0.6) is 0 Å². The van der Waals surface area contributed by atoms with Crippen LogP contribution in [0.15, 0.2) is 36.4 Å². The lowest BCUT2D eigenvalue weighted by atomic mass is 10.1. The van der Waals surface area contributed by atoms with Crippen molar-refractivity contribution in [2.24, 2.45) is 0 Å². The van der Waals surface area contributed by atoms with E-state index < -0.39 is 0 Å². The van der Waals surface area contributed by atoms with Crippen molar-refractivity contribution < 1.29 is 0 Å². The van der Waals surface area contributed by atoms with E-state index in [1.165, 1.54) is 17.7 Å². The number of rotatable bonds is 2. The van der Waals surface area contributed by atoms with Crippen molar-refractivity contribution in [2.45, 2.75) is 18.3 Å². The maximum Gasteiger partial charge on any atom is 0.145 e. The van der Waals surface area contributed by atoms with Gasteiger partial charge in [0.1, 0.15) is 5.82 Å². The molecule has 1 aliphatic rings.